The zero-order chi connectivity index (χ0) is 18.1. The number of hydrazine groups is 1. The Morgan fingerprint density at radius 3 is 2.88 bits per heavy atom. The van der Waals surface area contributed by atoms with E-state index >= 15 is 0 Å². The molecule has 0 bridgehead atoms. The lowest BCUT2D eigenvalue weighted by Crippen LogP contribution is -2.50. The van der Waals surface area contributed by atoms with Crippen LogP contribution in [0.1, 0.15) is 25.8 Å². The van der Waals surface area contributed by atoms with Gasteiger partial charge >= 0.3 is 0 Å². The second-order valence-corrected chi connectivity index (χ2v) is 7.96. The van der Waals surface area contributed by atoms with Crippen LogP contribution in [0.25, 0.3) is 5.52 Å². The summed E-state index contributed by atoms with van der Waals surface area (Å²) in [5, 5.41) is 4.78. The molecule has 1 unspecified atom stereocenters. The molecule has 8 nitrogen and oxygen atoms in total. The van der Waals surface area contributed by atoms with Crippen molar-refractivity contribution in [1.82, 2.24) is 24.4 Å². The van der Waals surface area contributed by atoms with Gasteiger partial charge in [-0.15, -0.1) is 4.41 Å². The van der Waals surface area contributed by atoms with E-state index in [1.54, 1.807) is 4.52 Å². The van der Waals surface area contributed by atoms with Crippen LogP contribution in [0.2, 0.25) is 5.15 Å². The third-order valence-electron chi connectivity index (χ3n) is 4.27. The van der Waals surface area contributed by atoms with Crippen molar-refractivity contribution in [2.24, 2.45) is 5.92 Å². The molecule has 1 aliphatic heterocycles. The SMILES string of the molecule is Cc1cc(Cl)n2ncnc(N3CC(CCN(NC(C)C)S(=O)O)C3)c12. The van der Waals surface area contributed by atoms with E-state index in [1.165, 1.54) is 10.7 Å². The molecule has 0 radical (unpaired) electrons. The van der Waals surface area contributed by atoms with Gasteiger partial charge in [-0.2, -0.15) is 5.10 Å². The molecule has 2 N–H and O–H groups in total. The largest absolute Gasteiger partial charge is 0.354 e. The predicted molar refractivity (Wildman–Crippen MR) is 98.8 cm³/mol. The molecule has 2 aromatic rings. The third kappa shape index (κ3) is 3.95. The maximum Gasteiger partial charge on any atom is 0.248 e. The van der Waals surface area contributed by atoms with Gasteiger partial charge in [0.05, 0.1) is 0 Å². The molecule has 0 amide bonds. The summed E-state index contributed by atoms with van der Waals surface area (Å²) in [5.74, 6) is 1.35. The first-order chi connectivity index (χ1) is 11.9. The van der Waals surface area contributed by atoms with Gasteiger partial charge < -0.3 is 4.90 Å². The van der Waals surface area contributed by atoms with Crippen molar-refractivity contribution in [2.75, 3.05) is 24.5 Å². The molecule has 2 aromatic heterocycles. The van der Waals surface area contributed by atoms with Crippen LogP contribution in [0, 0.1) is 12.8 Å². The minimum absolute atomic E-state index is 0.116. The van der Waals surface area contributed by atoms with Crippen LogP contribution in [0.4, 0.5) is 5.82 Å². The van der Waals surface area contributed by atoms with E-state index in [0.717, 1.165) is 36.4 Å². The number of rotatable bonds is 7. The van der Waals surface area contributed by atoms with Crippen LogP contribution < -0.4 is 10.3 Å². The zero-order valence-electron chi connectivity index (χ0n) is 14.5. The highest BCUT2D eigenvalue weighted by Gasteiger charge is 2.30. The fourth-order valence-corrected chi connectivity index (χ4v) is 3.95. The van der Waals surface area contributed by atoms with Crippen LogP contribution in [0.5, 0.6) is 0 Å². The molecule has 25 heavy (non-hydrogen) atoms. The third-order valence-corrected chi connectivity index (χ3v) is 5.20. The van der Waals surface area contributed by atoms with Gasteiger partial charge in [0.25, 0.3) is 0 Å². The van der Waals surface area contributed by atoms with E-state index in [2.05, 4.69) is 20.4 Å². The Hall–Kier alpha value is -1.26. The summed E-state index contributed by atoms with van der Waals surface area (Å²) in [7, 11) is 0. The van der Waals surface area contributed by atoms with Crippen molar-refractivity contribution < 1.29 is 8.76 Å². The first-order valence-electron chi connectivity index (χ1n) is 8.25. The standard InChI is InChI=1S/C15H23ClN6O2S/c1-10(2)19-21(25(23)24)5-4-12-7-20(8-12)15-14-11(3)6-13(16)22(14)18-9-17-15/h6,9-10,12,19H,4-5,7-8H2,1-3H3,(H,23,24). The number of anilines is 1. The second kappa shape index (κ2) is 7.55. The van der Waals surface area contributed by atoms with Crippen molar-refractivity contribution in [1.29, 1.82) is 0 Å². The van der Waals surface area contributed by atoms with Gasteiger partial charge in [0, 0.05) is 25.7 Å². The number of hydrogen-bond acceptors (Lipinski definition) is 5. The summed E-state index contributed by atoms with van der Waals surface area (Å²) in [4.78, 5) is 6.62. The lowest BCUT2D eigenvalue weighted by Gasteiger charge is -2.41. The van der Waals surface area contributed by atoms with E-state index in [1.807, 2.05) is 26.8 Å². The highest BCUT2D eigenvalue weighted by Crippen LogP contribution is 2.31. The van der Waals surface area contributed by atoms with E-state index in [-0.39, 0.29) is 6.04 Å². The van der Waals surface area contributed by atoms with Crippen molar-refractivity contribution in [3.63, 3.8) is 0 Å². The molecule has 3 heterocycles. The molecule has 1 fully saturated rings. The summed E-state index contributed by atoms with van der Waals surface area (Å²) >= 11 is 4.18. The summed E-state index contributed by atoms with van der Waals surface area (Å²) in [6, 6.07) is 2.00. The molecule has 0 spiro atoms. The average Bonchev–Trinajstić information content (AvgIpc) is 2.79. The molecule has 1 atom stereocenters. The van der Waals surface area contributed by atoms with E-state index < -0.39 is 11.3 Å². The Balaban J connectivity index is 1.61. The van der Waals surface area contributed by atoms with Gasteiger partial charge in [-0.3, -0.25) is 4.55 Å². The molecular weight excluding hydrogens is 364 g/mol. The summed E-state index contributed by atoms with van der Waals surface area (Å²) < 4.78 is 23.8. The van der Waals surface area contributed by atoms with Gasteiger partial charge in [0.2, 0.25) is 11.3 Å². The number of nitrogens with one attached hydrogen (secondary N) is 1. The molecule has 0 aromatic carbocycles. The maximum atomic E-state index is 11.4. The number of halogens is 1. The molecule has 3 rings (SSSR count). The predicted octanol–water partition coefficient (Wildman–Crippen LogP) is 1.87. The summed E-state index contributed by atoms with van der Waals surface area (Å²) in [6.07, 6.45) is 2.36. The van der Waals surface area contributed by atoms with Crippen molar-refractivity contribution in [3.05, 3.63) is 23.1 Å². The Labute approximate surface area is 154 Å². The van der Waals surface area contributed by atoms with E-state index in [4.69, 9.17) is 11.6 Å². The molecule has 138 valence electrons. The van der Waals surface area contributed by atoms with Crippen LogP contribution in [-0.4, -0.2) is 53.5 Å². The molecule has 10 heteroatoms. The minimum Gasteiger partial charge on any atom is -0.354 e. The Kier molecular flexibility index (Phi) is 5.59. The molecular formula is C15H23ClN6O2S. The normalized spacial score (nSPS) is 16.8. The minimum atomic E-state index is -2.01. The maximum absolute atomic E-state index is 11.4. The van der Waals surface area contributed by atoms with Crippen molar-refractivity contribution in [2.45, 2.75) is 33.2 Å². The van der Waals surface area contributed by atoms with E-state index in [9.17, 15) is 8.76 Å². The van der Waals surface area contributed by atoms with Gasteiger partial charge in [0.15, 0.2) is 5.82 Å². The second-order valence-electron chi connectivity index (χ2n) is 6.67. The summed E-state index contributed by atoms with van der Waals surface area (Å²) in [5.41, 5.74) is 4.97. The number of aromatic nitrogens is 3. The molecule has 0 saturated carbocycles. The quantitative estimate of drug-likeness (QED) is 0.558. The van der Waals surface area contributed by atoms with Crippen molar-refractivity contribution in [3.8, 4) is 0 Å². The Morgan fingerprint density at radius 1 is 1.52 bits per heavy atom. The Morgan fingerprint density at radius 2 is 2.24 bits per heavy atom. The molecule has 1 saturated heterocycles. The smallest absolute Gasteiger partial charge is 0.248 e. The fraction of sp³-hybridized carbons (Fsp3) is 0.600. The summed E-state index contributed by atoms with van der Waals surface area (Å²) in [6.45, 7) is 8.13. The van der Waals surface area contributed by atoms with Crippen LogP contribution >= 0.6 is 11.6 Å². The first kappa shape index (κ1) is 18.5. The lowest BCUT2D eigenvalue weighted by atomic mass is 9.96. The highest BCUT2D eigenvalue weighted by atomic mass is 35.5. The molecule has 0 aliphatic carbocycles. The van der Waals surface area contributed by atoms with Gasteiger partial charge in [-0.05, 0) is 44.7 Å². The fourth-order valence-electron chi connectivity index (χ4n) is 3.09. The van der Waals surface area contributed by atoms with Gasteiger partial charge in [-0.1, -0.05) is 11.6 Å². The monoisotopic (exact) mass is 386 g/mol. The Bertz CT molecular complexity index is 777. The van der Waals surface area contributed by atoms with Crippen molar-refractivity contribution >= 4 is 34.2 Å². The zero-order valence-corrected chi connectivity index (χ0v) is 16.1. The number of hydrogen-bond donors (Lipinski definition) is 2. The van der Waals surface area contributed by atoms with Gasteiger partial charge in [0.1, 0.15) is 17.0 Å². The van der Waals surface area contributed by atoms with E-state index in [0.29, 0.717) is 17.6 Å². The van der Waals surface area contributed by atoms with Crippen LogP contribution in [0.15, 0.2) is 12.4 Å². The first-order valence-corrected chi connectivity index (χ1v) is 9.69. The number of aryl methyl sites for hydroxylation is 1. The average molecular weight is 387 g/mol. The van der Waals surface area contributed by atoms with Gasteiger partial charge in [-0.25, -0.2) is 19.1 Å². The lowest BCUT2D eigenvalue weighted by molar-refractivity contribution is 0.248. The van der Waals surface area contributed by atoms with Crippen LogP contribution in [0.3, 0.4) is 0 Å². The number of fused-ring (bicyclic) bond motifs is 1. The number of nitrogens with zero attached hydrogens (tertiary/aromatic N) is 5. The highest BCUT2D eigenvalue weighted by molar-refractivity contribution is 7.76. The topological polar surface area (TPSA) is 86.0 Å². The van der Waals surface area contributed by atoms with Crippen LogP contribution in [-0.2, 0) is 11.3 Å². The molecule has 1 aliphatic rings.